The fourth-order valence-electron chi connectivity index (χ4n) is 4.63. The lowest BCUT2D eigenvalue weighted by atomic mass is 9.97. The number of rotatable bonds is 6. The second kappa shape index (κ2) is 9.43. The van der Waals surface area contributed by atoms with E-state index in [2.05, 4.69) is 12.2 Å². The molecule has 1 aliphatic carbocycles. The third kappa shape index (κ3) is 4.23. The molecule has 0 aliphatic heterocycles. The van der Waals surface area contributed by atoms with Gasteiger partial charge in [-0.15, -0.1) is 11.3 Å². The zero-order chi connectivity index (χ0) is 23.7. The molecule has 0 bridgehead atoms. The number of nitrogens with zero attached hydrogens (tertiary/aromatic N) is 2. The largest absolute Gasteiger partial charge is 0.332 e. The SMILES string of the molecule is CCc1ccc(NC(=O)Cn2c(=O)n(Cc3ccccc3)c(=O)c3c4c(sc32)CCCC4)cc1. The number of aryl methyl sites for hydroxylation is 3. The van der Waals surface area contributed by atoms with E-state index in [4.69, 9.17) is 0 Å². The van der Waals surface area contributed by atoms with Crippen LogP contribution in [-0.4, -0.2) is 15.0 Å². The first-order valence-corrected chi connectivity index (χ1v) is 12.6. The molecule has 0 fully saturated rings. The van der Waals surface area contributed by atoms with Crippen LogP contribution in [0.2, 0.25) is 0 Å². The van der Waals surface area contributed by atoms with Gasteiger partial charge >= 0.3 is 5.69 Å². The monoisotopic (exact) mass is 473 g/mol. The molecule has 2 heterocycles. The van der Waals surface area contributed by atoms with Gasteiger partial charge in [-0.3, -0.25) is 18.7 Å². The van der Waals surface area contributed by atoms with Crippen LogP contribution < -0.4 is 16.6 Å². The summed E-state index contributed by atoms with van der Waals surface area (Å²) in [5, 5.41) is 3.50. The van der Waals surface area contributed by atoms with Gasteiger partial charge in [0.15, 0.2) is 0 Å². The molecule has 1 aliphatic rings. The van der Waals surface area contributed by atoms with Crippen molar-refractivity contribution in [2.45, 2.75) is 52.1 Å². The highest BCUT2D eigenvalue weighted by Crippen LogP contribution is 2.34. The molecule has 6 nitrogen and oxygen atoms in total. The van der Waals surface area contributed by atoms with Gasteiger partial charge in [0.25, 0.3) is 5.56 Å². The molecule has 0 saturated carbocycles. The number of anilines is 1. The van der Waals surface area contributed by atoms with E-state index >= 15 is 0 Å². The summed E-state index contributed by atoms with van der Waals surface area (Å²) in [4.78, 5) is 41.8. The lowest BCUT2D eigenvalue weighted by Gasteiger charge is -2.14. The second-order valence-electron chi connectivity index (χ2n) is 8.74. The minimum absolute atomic E-state index is 0.140. The van der Waals surface area contributed by atoms with E-state index in [-0.39, 0.29) is 24.6 Å². The molecule has 0 saturated heterocycles. The van der Waals surface area contributed by atoms with Gasteiger partial charge < -0.3 is 5.32 Å². The lowest BCUT2D eigenvalue weighted by Crippen LogP contribution is -2.41. The maximum atomic E-state index is 13.5. The van der Waals surface area contributed by atoms with Gasteiger partial charge in [-0.05, 0) is 60.9 Å². The third-order valence-electron chi connectivity index (χ3n) is 6.45. The van der Waals surface area contributed by atoms with Crippen LogP contribution in [-0.2, 0) is 37.1 Å². The van der Waals surface area contributed by atoms with Crippen molar-refractivity contribution in [3.05, 3.63) is 97.0 Å². The smallest absolute Gasteiger partial charge is 0.325 e. The quantitative estimate of drug-likeness (QED) is 0.452. The van der Waals surface area contributed by atoms with Crippen LogP contribution in [0.4, 0.5) is 5.69 Å². The Morgan fingerprint density at radius 3 is 2.41 bits per heavy atom. The topological polar surface area (TPSA) is 73.1 Å². The van der Waals surface area contributed by atoms with Crippen LogP contribution in [0.25, 0.3) is 10.2 Å². The standard InChI is InChI=1S/C27H27N3O3S/c1-2-18-12-14-20(15-13-18)28-23(31)17-30-26-24(21-10-6-7-11-22(21)34-26)25(32)29(27(30)33)16-19-8-4-3-5-9-19/h3-5,8-9,12-15H,2,6-7,10-11,16-17H2,1H3,(H,28,31). The van der Waals surface area contributed by atoms with Crippen LogP contribution in [0.3, 0.4) is 0 Å². The molecule has 7 heteroatoms. The van der Waals surface area contributed by atoms with Gasteiger partial charge in [0.2, 0.25) is 5.91 Å². The van der Waals surface area contributed by atoms with Crippen LogP contribution in [0.5, 0.6) is 0 Å². The van der Waals surface area contributed by atoms with Crippen LogP contribution in [0.1, 0.15) is 41.3 Å². The first kappa shape index (κ1) is 22.3. The number of thiophene rings is 1. The molecule has 4 aromatic rings. The summed E-state index contributed by atoms with van der Waals surface area (Å²) in [6, 6.07) is 17.2. The summed E-state index contributed by atoms with van der Waals surface area (Å²) in [6.45, 7) is 2.12. The van der Waals surface area contributed by atoms with E-state index in [1.807, 2.05) is 54.6 Å². The molecule has 1 N–H and O–H groups in total. The number of hydrogen-bond acceptors (Lipinski definition) is 4. The molecule has 0 unspecified atom stereocenters. The van der Waals surface area contributed by atoms with Crippen molar-refractivity contribution in [1.82, 2.24) is 9.13 Å². The molecule has 5 rings (SSSR count). The van der Waals surface area contributed by atoms with Crippen molar-refractivity contribution in [1.29, 1.82) is 0 Å². The number of benzene rings is 2. The fraction of sp³-hybridized carbons (Fsp3) is 0.296. The molecular formula is C27H27N3O3S. The van der Waals surface area contributed by atoms with Crippen LogP contribution >= 0.6 is 11.3 Å². The van der Waals surface area contributed by atoms with Gasteiger partial charge in [0.1, 0.15) is 11.4 Å². The Labute approximate surface area is 201 Å². The fourth-order valence-corrected chi connectivity index (χ4v) is 6.00. The first-order chi connectivity index (χ1) is 16.5. The van der Waals surface area contributed by atoms with E-state index in [9.17, 15) is 14.4 Å². The minimum Gasteiger partial charge on any atom is -0.325 e. The number of carbonyl (C=O) groups excluding carboxylic acids is 1. The van der Waals surface area contributed by atoms with Crippen molar-refractivity contribution in [2.75, 3.05) is 5.32 Å². The Morgan fingerprint density at radius 2 is 1.68 bits per heavy atom. The molecule has 0 spiro atoms. The summed E-state index contributed by atoms with van der Waals surface area (Å²) < 4.78 is 2.76. The molecule has 0 radical (unpaired) electrons. The van der Waals surface area contributed by atoms with E-state index < -0.39 is 5.69 Å². The number of nitrogens with one attached hydrogen (secondary N) is 1. The average molecular weight is 474 g/mol. The first-order valence-electron chi connectivity index (χ1n) is 11.8. The van der Waals surface area contributed by atoms with Gasteiger partial charge in [0.05, 0.1) is 11.9 Å². The number of aromatic nitrogens is 2. The molecule has 34 heavy (non-hydrogen) atoms. The highest BCUT2D eigenvalue weighted by atomic mass is 32.1. The molecule has 174 valence electrons. The summed E-state index contributed by atoms with van der Waals surface area (Å²) in [5.41, 5.74) is 3.11. The lowest BCUT2D eigenvalue weighted by molar-refractivity contribution is -0.116. The maximum absolute atomic E-state index is 13.5. The Balaban J connectivity index is 1.58. The van der Waals surface area contributed by atoms with E-state index in [0.717, 1.165) is 43.2 Å². The number of hydrogen-bond donors (Lipinski definition) is 1. The number of carbonyl (C=O) groups is 1. The van der Waals surface area contributed by atoms with Crippen molar-refractivity contribution in [2.24, 2.45) is 0 Å². The Kier molecular flexibility index (Phi) is 6.20. The molecule has 0 atom stereocenters. The van der Waals surface area contributed by atoms with Gasteiger partial charge in [-0.1, -0.05) is 49.4 Å². The number of fused-ring (bicyclic) bond motifs is 3. The average Bonchev–Trinajstić information content (AvgIpc) is 3.25. The Morgan fingerprint density at radius 1 is 0.941 bits per heavy atom. The minimum atomic E-state index is -0.448. The predicted octanol–water partition coefficient (Wildman–Crippen LogP) is 4.35. The summed E-state index contributed by atoms with van der Waals surface area (Å²) in [5.74, 6) is -0.288. The molecule has 2 aromatic carbocycles. The normalized spacial score (nSPS) is 13.1. The van der Waals surface area contributed by atoms with E-state index in [1.54, 1.807) is 0 Å². The van der Waals surface area contributed by atoms with Crippen molar-refractivity contribution >= 4 is 33.1 Å². The van der Waals surface area contributed by atoms with E-state index in [1.165, 1.54) is 30.9 Å². The van der Waals surface area contributed by atoms with E-state index in [0.29, 0.717) is 15.9 Å². The molecule has 2 aromatic heterocycles. The zero-order valence-electron chi connectivity index (χ0n) is 19.2. The third-order valence-corrected chi connectivity index (χ3v) is 7.76. The van der Waals surface area contributed by atoms with Crippen molar-refractivity contribution in [3.8, 4) is 0 Å². The number of amides is 1. The maximum Gasteiger partial charge on any atom is 0.332 e. The van der Waals surface area contributed by atoms with Gasteiger partial charge in [0, 0.05) is 10.6 Å². The van der Waals surface area contributed by atoms with Crippen LogP contribution in [0.15, 0.2) is 64.2 Å². The van der Waals surface area contributed by atoms with Crippen LogP contribution in [0, 0.1) is 0 Å². The Bertz CT molecular complexity index is 1460. The highest BCUT2D eigenvalue weighted by Gasteiger charge is 2.24. The second-order valence-corrected chi connectivity index (χ2v) is 9.82. The summed E-state index contributed by atoms with van der Waals surface area (Å²) in [7, 11) is 0. The highest BCUT2D eigenvalue weighted by molar-refractivity contribution is 7.18. The Hall–Kier alpha value is -3.45. The molecule has 1 amide bonds. The van der Waals surface area contributed by atoms with Crippen molar-refractivity contribution < 1.29 is 4.79 Å². The van der Waals surface area contributed by atoms with Crippen molar-refractivity contribution in [3.63, 3.8) is 0 Å². The van der Waals surface area contributed by atoms with Gasteiger partial charge in [-0.2, -0.15) is 0 Å². The predicted molar refractivity (Wildman–Crippen MR) is 137 cm³/mol. The van der Waals surface area contributed by atoms with Gasteiger partial charge in [-0.25, -0.2) is 4.79 Å². The zero-order valence-corrected chi connectivity index (χ0v) is 20.0. The molecular weight excluding hydrogens is 446 g/mol. The summed E-state index contributed by atoms with van der Waals surface area (Å²) in [6.07, 6.45) is 4.79. The summed E-state index contributed by atoms with van der Waals surface area (Å²) >= 11 is 1.49.